The van der Waals surface area contributed by atoms with Crippen LogP contribution >= 0.6 is 12.4 Å². The summed E-state index contributed by atoms with van der Waals surface area (Å²) in [5.41, 5.74) is 6.28. The zero-order valence-electron chi connectivity index (χ0n) is 14.8. The van der Waals surface area contributed by atoms with Crippen molar-refractivity contribution in [3.8, 4) is 5.75 Å². The number of hydrogen-bond acceptors (Lipinski definition) is 4. The Morgan fingerprint density at radius 3 is 2.76 bits per heavy atom. The predicted molar refractivity (Wildman–Crippen MR) is 101 cm³/mol. The lowest BCUT2D eigenvalue weighted by Crippen LogP contribution is -2.55. The minimum absolute atomic E-state index is 0. The third kappa shape index (κ3) is 4.10. The van der Waals surface area contributed by atoms with Crippen LogP contribution in [0.3, 0.4) is 0 Å². The highest BCUT2D eigenvalue weighted by Crippen LogP contribution is 2.32. The van der Waals surface area contributed by atoms with Gasteiger partial charge in [0.05, 0.1) is 18.2 Å². The van der Waals surface area contributed by atoms with Crippen molar-refractivity contribution in [2.24, 2.45) is 5.73 Å². The Kier molecular flexibility index (Phi) is 6.36. The van der Waals surface area contributed by atoms with Crippen LogP contribution in [0.5, 0.6) is 5.75 Å². The molecule has 1 fully saturated rings. The van der Waals surface area contributed by atoms with Crippen LogP contribution < -0.4 is 15.8 Å². The van der Waals surface area contributed by atoms with Crippen molar-refractivity contribution in [2.45, 2.75) is 57.5 Å². The van der Waals surface area contributed by atoms with Gasteiger partial charge in [0.15, 0.2) is 11.3 Å². The highest BCUT2D eigenvalue weighted by atomic mass is 35.5. The standard InChI is InChI=1S/C19H26N2O3.ClH/c1-3-23-15-9-7-8-14-12-16(24-17(14)15)13(2)21-18(22)19(20)10-5-4-6-11-19;/h7-9,12-13H,3-6,10-11,20H2,1-2H3,(H,21,22);1H. The van der Waals surface area contributed by atoms with Gasteiger partial charge in [-0.3, -0.25) is 4.79 Å². The number of para-hydroxylation sites is 1. The summed E-state index contributed by atoms with van der Waals surface area (Å²) < 4.78 is 11.6. The van der Waals surface area contributed by atoms with Crippen LogP contribution in [0, 0.1) is 0 Å². The molecule has 1 saturated carbocycles. The highest BCUT2D eigenvalue weighted by Gasteiger charge is 2.36. The van der Waals surface area contributed by atoms with Gasteiger partial charge >= 0.3 is 0 Å². The molecule has 1 aliphatic rings. The summed E-state index contributed by atoms with van der Waals surface area (Å²) in [6, 6.07) is 7.52. The summed E-state index contributed by atoms with van der Waals surface area (Å²) in [5.74, 6) is 1.35. The van der Waals surface area contributed by atoms with E-state index >= 15 is 0 Å². The van der Waals surface area contributed by atoms with E-state index in [1.54, 1.807) is 0 Å². The van der Waals surface area contributed by atoms with Gasteiger partial charge < -0.3 is 20.2 Å². The number of carbonyl (C=O) groups excluding carboxylic acids is 1. The molecule has 1 aromatic heterocycles. The van der Waals surface area contributed by atoms with Crippen LogP contribution in [0.25, 0.3) is 11.0 Å². The first-order valence-electron chi connectivity index (χ1n) is 8.78. The summed E-state index contributed by atoms with van der Waals surface area (Å²) in [7, 11) is 0. The van der Waals surface area contributed by atoms with Gasteiger partial charge in [-0.25, -0.2) is 0 Å². The third-order valence-electron chi connectivity index (χ3n) is 4.80. The number of amides is 1. The molecule has 3 rings (SSSR count). The van der Waals surface area contributed by atoms with Crippen molar-refractivity contribution in [3.63, 3.8) is 0 Å². The molecule has 0 radical (unpaired) electrons. The number of benzene rings is 1. The lowest BCUT2D eigenvalue weighted by molar-refractivity contribution is -0.128. The molecule has 6 heteroatoms. The van der Waals surface area contributed by atoms with Gasteiger partial charge in [0.1, 0.15) is 5.76 Å². The van der Waals surface area contributed by atoms with Gasteiger partial charge in [-0.05, 0) is 38.8 Å². The minimum Gasteiger partial charge on any atom is -0.490 e. The molecule has 1 aromatic carbocycles. The van der Waals surface area contributed by atoms with Crippen molar-refractivity contribution in [3.05, 3.63) is 30.0 Å². The molecule has 25 heavy (non-hydrogen) atoms. The largest absolute Gasteiger partial charge is 0.490 e. The summed E-state index contributed by atoms with van der Waals surface area (Å²) in [6.07, 6.45) is 4.69. The van der Waals surface area contributed by atoms with Crippen molar-refractivity contribution < 1.29 is 13.9 Å². The van der Waals surface area contributed by atoms with Crippen LogP contribution in [0.1, 0.15) is 57.8 Å². The third-order valence-corrected chi connectivity index (χ3v) is 4.80. The molecule has 0 saturated heterocycles. The Labute approximate surface area is 154 Å². The predicted octanol–water partition coefficient (Wildman–Crippen LogP) is 4.09. The molecular weight excluding hydrogens is 340 g/mol. The Bertz CT molecular complexity index is 723. The van der Waals surface area contributed by atoms with Crippen LogP contribution in [-0.2, 0) is 4.79 Å². The maximum absolute atomic E-state index is 12.6. The summed E-state index contributed by atoms with van der Waals surface area (Å²) >= 11 is 0. The van der Waals surface area contributed by atoms with Crippen LogP contribution in [0.15, 0.2) is 28.7 Å². The Morgan fingerprint density at radius 1 is 1.36 bits per heavy atom. The molecular formula is C19H27ClN2O3. The first-order chi connectivity index (χ1) is 11.5. The number of furan rings is 1. The number of nitrogens with two attached hydrogens (primary N) is 1. The second-order valence-corrected chi connectivity index (χ2v) is 6.67. The zero-order valence-corrected chi connectivity index (χ0v) is 15.7. The monoisotopic (exact) mass is 366 g/mol. The number of nitrogens with one attached hydrogen (secondary N) is 1. The minimum atomic E-state index is -0.741. The highest BCUT2D eigenvalue weighted by molar-refractivity contribution is 5.87. The van der Waals surface area contributed by atoms with Gasteiger partial charge in [-0.15, -0.1) is 12.4 Å². The Morgan fingerprint density at radius 2 is 2.08 bits per heavy atom. The number of rotatable bonds is 5. The first kappa shape index (κ1) is 19.6. The summed E-state index contributed by atoms with van der Waals surface area (Å²) in [4.78, 5) is 12.6. The van der Waals surface area contributed by atoms with Crippen molar-refractivity contribution >= 4 is 29.3 Å². The maximum Gasteiger partial charge on any atom is 0.240 e. The van der Waals surface area contributed by atoms with E-state index in [-0.39, 0.29) is 24.4 Å². The van der Waals surface area contributed by atoms with E-state index in [4.69, 9.17) is 14.9 Å². The van der Waals surface area contributed by atoms with Gasteiger partial charge in [0.25, 0.3) is 0 Å². The van der Waals surface area contributed by atoms with E-state index in [1.165, 1.54) is 0 Å². The van der Waals surface area contributed by atoms with Gasteiger partial charge in [-0.2, -0.15) is 0 Å². The average molecular weight is 367 g/mol. The summed E-state index contributed by atoms with van der Waals surface area (Å²) in [6.45, 7) is 4.44. The van der Waals surface area contributed by atoms with Gasteiger partial charge in [-0.1, -0.05) is 31.4 Å². The molecule has 0 aliphatic heterocycles. The number of halogens is 1. The number of ether oxygens (including phenoxy) is 1. The van der Waals surface area contributed by atoms with Crippen molar-refractivity contribution in [2.75, 3.05) is 6.61 Å². The molecule has 2 aromatic rings. The van der Waals surface area contributed by atoms with Crippen molar-refractivity contribution in [1.29, 1.82) is 0 Å². The van der Waals surface area contributed by atoms with E-state index in [0.29, 0.717) is 12.4 Å². The van der Waals surface area contributed by atoms with Crippen LogP contribution in [0.4, 0.5) is 0 Å². The second kappa shape index (κ2) is 8.11. The average Bonchev–Trinajstić information content (AvgIpc) is 3.01. The smallest absolute Gasteiger partial charge is 0.240 e. The fraction of sp³-hybridized carbons (Fsp3) is 0.526. The normalized spacial score (nSPS) is 17.6. The van der Waals surface area contributed by atoms with E-state index in [2.05, 4.69) is 5.32 Å². The maximum atomic E-state index is 12.6. The molecule has 0 spiro atoms. The van der Waals surface area contributed by atoms with E-state index < -0.39 is 5.54 Å². The van der Waals surface area contributed by atoms with Gasteiger partial charge in [0.2, 0.25) is 5.91 Å². The number of carbonyl (C=O) groups is 1. The molecule has 138 valence electrons. The fourth-order valence-corrected chi connectivity index (χ4v) is 3.36. The van der Waals surface area contributed by atoms with E-state index in [1.807, 2.05) is 38.1 Å². The Balaban J connectivity index is 0.00000225. The molecule has 5 nitrogen and oxygen atoms in total. The molecule has 1 heterocycles. The SMILES string of the molecule is CCOc1cccc2cc(C(C)NC(=O)C3(N)CCCCC3)oc12.Cl. The second-order valence-electron chi connectivity index (χ2n) is 6.67. The molecule has 1 unspecified atom stereocenters. The Hall–Kier alpha value is -1.72. The number of hydrogen-bond donors (Lipinski definition) is 2. The van der Waals surface area contributed by atoms with Crippen LogP contribution in [0.2, 0.25) is 0 Å². The topological polar surface area (TPSA) is 77.5 Å². The van der Waals surface area contributed by atoms with E-state index in [9.17, 15) is 4.79 Å². The first-order valence-corrected chi connectivity index (χ1v) is 8.78. The van der Waals surface area contributed by atoms with Crippen molar-refractivity contribution in [1.82, 2.24) is 5.32 Å². The van der Waals surface area contributed by atoms with Gasteiger partial charge in [0, 0.05) is 5.39 Å². The molecule has 1 aliphatic carbocycles. The molecule has 1 atom stereocenters. The molecule has 1 amide bonds. The molecule has 0 bridgehead atoms. The quantitative estimate of drug-likeness (QED) is 0.835. The van der Waals surface area contributed by atoms with E-state index in [0.717, 1.165) is 48.8 Å². The lowest BCUT2D eigenvalue weighted by atomic mass is 9.82. The number of fused-ring (bicyclic) bond motifs is 1. The lowest BCUT2D eigenvalue weighted by Gasteiger charge is -2.32. The van der Waals surface area contributed by atoms with Crippen LogP contribution in [-0.4, -0.2) is 18.1 Å². The summed E-state index contributed by atoms with van der Waals surface area (Å²) in [5, 5.41) is 3.99. The fourth-order valence-electron chi connectivity index (χ4n) is 3.36. The zero-order chi connectivity index (χ0) is 17.2. The molecule has 3 N–H and O–H groups in total.